The number of benzene rings is 2. The zero-order chi connectivity index (χ0) is 16.3. The number of hydrogen-bond donors (Lipinski definition) is 1. The molecule has 2 rings (SSSR count). The van der Waals surface area contributed by atoms with Crippen molar-refractivity contribution in [2.75, 3.05) is 7.11 Å². The molecule has 0 aliphatic rings. The second kappa shape index (κ2) is 7.57. The van der Waals surface area contributed by atoms with Crippen molar-refractivity contribution in [3.05, 3.63) is 53.6 Å². The van der Waals surface area contributed by atoms with Crippen molar-refractivity contribution >= 4 is 6.54 Å². The van der Waals surface area contributed by atoms with Gasteiger partial charge in [-0.25, -0.2) is 0 Å². The predicted molar refractivity (Wildman–Crippen MR) is 91.1 cm³/mol. The first-order chi connectivity index (χ1) is 10.5. The van der Waals surface area contributed by atoms with E-state index in [0.717, 1.165) is 5.75 Å². The molecule has 0 atom stereocenters. The van der Waals surface area contributed by atoms with Crippen LogP contribution in [0.25, 0.3) is 0 Å². The number of methoxy groups -OCH3 is 1. The van der Waals surface area contributed by atoms with Crippen LogP contribution in [-0.4, -0.2) is 7.11 Å². The Balaban J connectivity index is 2.64. The Hall–Kier alpha value is -0.917. The van der Waals surface area contributed by atoms with Gasteiger partial charge in [-0.1, -0.05) is 0 Å². The van der Waals surface area contributed by atoms with Gasteiger partial charge in [-0.2, -0.15) is 0 Å². The molecule has 0 bridgehead atoms. The van der Waals surface area contributed by atoms with Crippen LogP contribution >= 0.6 is 0 Å². The third kappa shape index (κ3) is 3.52. The van der Waals surface area contributed by atoms with Crippen LogP contribution in [0.15, 0.2) is 42.5 Å². The standard InChI is InChI=1S/C12H17.C7H7O.H2N.Zr/c1-9(2)11-6-5-7-12(8-11)10(3)4;1-8-7-5-3-2-4-6-7;;/h5-7,9-10H,1-4H3;2-5H,1H3;1H2;/q;;-1;+1. The fraction of sp³-hybridized carbons (Fsp3) is 0.368. The molecule has 0 aliphatic heterocycles. The minimum absolute atomic E-state index is 0.488. The molecule has 0 aliphatic carbocycles. The summed E-state index contributed by atoms with van der Waals surface area (Å²) in [5.74, 6) is 1.91. The van der Waals surface area contributed by atoms with Crippen LogP contribution in [0.3, 0.4) is 0 Å². The van der Waals surface area contributed by atoms with Gasteiger partial charge in [0.25, 0.3) is 0 Å². The normalized spacial score (nSPS) is 11.1. The van der Waals surface area contributed by atoms with Gasteiger partial charge >= 0.3 is 143 Å². The zero-order valence-electron chi connectivity index (χ0n) is 14.2. The number of hydrogen-bond acceptors (Lipinski definition) is 2. The first kappa shape index (κ1) is 17.4. The van der Waals surface area contributed by atoms with Crippen molar-refractivity contribution < 1.29 is 26.8 Å². The van der Waals surface area contributed by atoms with Gasteiger partial charge in [-0.3, -0.25) is 0 Å². The van der Waals surface area contributed by atoms with E-state index in [9.17, 15) is 0 Å². The number of ether oxygens (including phenoxy) is 1. The van der Waals surface area contributed by atoms with Crippen LogP contribution in [0, 0.1) is 0 Å². The molecule has 117 valence electrons. The van der Waals surface area contributed by atoms with E-state index in [1.807, 2.05) is 12.1 Å². The van der Waals surface area contributed by atoms with Crippen LogP contribution in [-0.2, 0) is 22.0 Å². The predicted octanol–water partition coefficient (Wildman–Crippen LogP) is 3.38. The maximum atomic E-state index is 6.89. The molecule has 0 amide bonds. The Labute approximate surface area is 142 Å². The first-order valence-electron chi connectivity index (χ1n) is 7.86. The maximum absolute atomic E-state index is 6.89. The molecule has 2 N–H and O–H groups in total. The average Bonchev–Trinajstić information content (AvgIpc) is 2.53. The topological polar surface area (TPSA) is 35.2 Å². The third-order valence-electron chi connectivity index (χ3n) is 4.04. The molecule has 2 aromatic rings. The molecule has 2 aromatic carbocycles. The molecule has 0 spiro atoms. The molecule has 0 saturated heterocycles. The quantitative estimate of drug-likeness (QED) is 0.869. The minimum atomic E-state index is -2.46. The van der Waals surface area contributed by atoms with Crippen LogP contribution in [0.2, 0.25) is 0 Å². The Morgan fingerprint density at radius 2 is 1.41 bits per heavy atom. The molecule has 0 unspecified atom stereocenters. The van der Waals surface area contributed by atoms with Gasteiger partial charge in [0, 0.05) is 0 Å². The summed E-state index contributed by atoms with van der Waals surface area (Å²) < 4.78 is 15.1. The summed E-state index contributed by atoms with van der Waals surface area (Å²) in [5, 5.41) is 0. The van der Waals surface area contributed by atoms with Gasteiger partial charge in [-0.05, 0) is 0 Å². The Morgan fingerprint density at radius 1 is 0.864 bits per heavy atom. The zero-order valence-corrected chi connectivity index (χ0v) is 16.6. The van der Waals surface area contributed by atoms with E-state index in [1.165, 1.54) is 17.7 Å². The van der Waals surface area contributed by atoms with Crippen molar-refractivity contribution in [2.24, 2.45) is 3.68 Å². The van der Waals surface area contributed by atoms with E-state index in [1.54, 1.807) is 7.11 Å². The van der Waals surface area contributed by atoms with Crippen LogP contribution < -0.4 is 15.0 Å². The summed E-state index contributed by atoms with van der Waals surface area (Å²) in [6, 6.07) is 14.9. The average molecular weight is 376 g/mol. The van der Waals surface area contributed by atoms with E-state index >= 15 is 0 Å². The van der Waals surface area contributed by atoms with E-state index < -0.39 is 22.0 Å². The summed E-state index contributed by atoms with van der Waals surface area (Å²) in [7, 11) is 1.73. The second-order valence-electron chi connectivity index (χ2n) is 6.23. The SMILES string of the molecule is COc1cccc[c]1[Zr]([NH2])[c]1c(C(C)C)cccc1C(C)C. The van der Waals surface area contributed by atoms with E-state index in [2.05, 4.69) is 58.0 Å². The third-order valence-corrected chi connectivity index (χ3v) is 9.22. The summed E-state index contributed by atoms with van der Waals surface area (Å²) in [6.45, 7) is 9.01. The van der Waals surface area contributed by atoms with Gasteiger partial charge in [0.1, 0.15) is 0 Å². The van der Waals surface area contributed by atoms with E-state index in [4.69, 9.17) is 8.41 Å². The molecular formula is C19H26NOZr. The van der Waals surface area contributed by atoms with Gasteiger partial charge in [0.2, 0.25) is 0 Å². The number of para-hydroxylation sites is 1. The van der Waals surface area contributed by atoms with Crippen molar-refractivity contribution in [3.63, 3.8) is 0 Å². The molecule has 0 fully saturated rings. The van der Waals surface area contributed by atoms with Gasteiger partial charge in [-0.15, -0.1) is 0 Å². The Bertz CT molecular complexity index is 611. The van der Waals surface area contributed by atoms with Crippen LogP contribution in [0.1, 0.15) is 50.7 Å². The van der Waals surface area contributed by atoms with Gasteiger partial charge in [0.15, 0.2) is 0 Å². The number of nitrogens with two attached hydrogens (primary N) is 1. The number of rotatable bonds is 5. The fourth-order valence-corrected chi connectivity index (χ4v) is 8.67. The molecule has 0 saturated carbocycles. The molecule has 2 nitrogen and oxygen atoms in total. The summed E-state index contributed by atoms with van der Waals surface area (Å²) in [6.07, 6.45) is 0. The second-order valence-corrected chi connectivity index (χ2v) is 10.8. The summed E-state index contributed by atoms with van der Waals surface area (Å²) >= 11 is -2.46. The van der Waals surface area contributed by atoms with Crippen molar-refractivity contribution in [1.82, 2.24) is 0 Å². The Kier molecular flexibility index (Phi) is 6.00. The van der Waals surface area contributed by atoms with Crippen molar-refractivity contribution in [1.29, 1.82) is 0 Å². The van der Waals surface area contributed by atoms with Crippen LogP contribution in [0.4, 0.5) is 0 Å². The van der Waals surface area contributed by atoms with Crippen molar-refractivity contribution in [2.45, 2.75) is 39.5 Å². The monoisotopic (exact) mass is 374 g/mol. The Morgan fingerprint density at radius 3 is 1.91 bits per heavy atom. The summed E-state index contributed by atoms with van der Waals surface area (Å²) in [4.78, 5) is 0. The van der Waals surface area contributed by atoms with Gasteiger partial charge < -0.3 is 0 Å². The molecule has 22 heavy (non-hydrogen) atoms. The molecular weight excluding hydrogens is 349 g/mol. The fourth-order valence-electron chi connectivity index (χ4n) is 2.86. The molecule has 3 heteroatoms. The van der Waals surface area contributed by atoms with E-state index in [-0.39, 0.29) is 0 Å². The first-order valence-corrected chi connectivity index (χ1v) is 11.7. The van der Waals surface area contributed by atoms with Crippen LogP contribution in [0.5, 0.6) is 5.75 Å². The molecule has 0 aromatic heterocycles. The van der Waals surface area contributed by atoms with Gasteiger partial charge in [0.05, 0.1) is 0 Å². The molecule has 0 radical (unpaired) electrons. The summed E-state index contributed by atoms with van der Waals surface area (Å²) in [5.41, 5.74) is 2.82. The molecule has 0 heterocycles. The van der Waals surface area contributed by atoms with Crippen molar-refractivity contribution in [3.8, 4) is 5.75 Å². The van der Waals surface area contributed by atoms with E-state index in [0.29, 0.717) is 11.8 Å².